The first-order chi connectivity index (χ1) is 8.86. The Bertz CT molecular complexity index is 336. The number of carbonyl (C=O) groups is 2. The number of nitrogens with two attached hydrogens (primary N) is 1. The summed E-state index contributed by atoms with van der Waals surface area (Å²) in [5, 5.41) is 39.8. The summed E-state index contributed by atoms with van der Waals surface area (Å²) >= 11 is 0. The van der Waals surface area contributed by atoms with Gasteiger partial charge >= 0.3 is 0 Å². The van der Waals surface area contributed by atoms with Crippen LogP contribution in [0, 0.1) is 0 Å². The highest BCUT2D eigenvalue weighted by Crippen LogP contribution is 2.19. The summed E-state index contributed by atoms with van der Waals surface area (Å²) < 4.78 is 5.05. The summed E-state index contributed by atoms with van der Waals surface area (Å²) in [5.74, 6) is -1.26. The summed E-state index contributed by atoms with van der Waals surface area (Å²) in [4.78, 5) is 21.9. The van der Waals surface area contributed by atoms with Crippen molar-refractivity contribution in [2.45, 2.75) is 43.5 Å². The van der Waals surface area contributed by atoms with E-state index in [4.69, 9.17) is 15.6 Å². The van der Waals surface area contributed by atoms with Crippen molar-refractivity contribution in [3.05, 3.63) is 0 Å². The van der Waals surface area contributed by atoms with E-state index in [1.165, 1.54) is 0 Å². The van der Waals surface area contributed by atoms with Crippen LogP contribution in [0.25, 0.3) is 0 Å². The predicted octanol–water partition coefficient (Wildman–Crippen LogP) is -3.83. The Kier molecular flexibility index (Phi) is 5.63. The number of nitrogens with one attached hydrogen (secondary N) is 1. The van der Waals surface area contributed by atoms with E-state index in [1.807, 2.05) is 0 Å². The number of ether oxygens (including phenoxy) is 1. The van der Waals surface area contributed by atoms with Crippen LogP contribution in [-0.2, 0) is 14.3 Å². The highest BCUT2D eigenvalue weighted by atomic mass is 16.6. The molecule has 2 amide bonds. The molecule has 1 fully saturated rings. The summed E-state index contributed by atoms with van der Waals surface area (Å²) in [6.45, 7) is -0.585. The fourth-order valence-corrected chi connectivity index (χ4v) is 1.69. The molecule has 1 saturated heterocycles. The lowest BCUT2D eigenvalue weighted by Gasteiger charge is -2.40. The normalized spacial score (nSPS) is 34.8. The van der Waals surface area contributed by atoms with Gasteiger partial charge in [-0.05, 0) is 0 Å². The largest absolute Gasteiger partial charge is 0.394 e. The van der Waals surface area contributed by atoms with Gasteiger partial charge in [-0.1, -0.05) is 0 Å². The molecule has 1 aliphatic rings. The second kappa shape index (κ2) is 6.78. The summed E-state index contributed by atoms with van der Waals surface area (Å²) in [5.41, 5.74) is 4.88. The average Bonchev–Trinajstić information content (AvgIpc) is 2.37. The molecule has 1 unspecified atom stereocenters. The molecule has 5 atom stereocenters. The van der Waals surface area contributed by atoms with Crippen LogP contribution in [-0.4, -0.2) is 69.5 Å². The molecular weight excluding hydrogens is 260 g/mol. The van der Waals surface area contributed by atoms with E-state index in [2.05, 4.69) is 5.32 Å². The van der Waals surface area contributed by atoms with Gasteiger partial charge in [0.2, 0.25) is 11.8 Å². The molecule has 7 N–H and O–H groups in total. The molecule has 19 heavy (non-hydrogen) atoms. The van der Waals surface area contributed by atoms with Crippen LogP contribution < -0.4 is 11.1 Å². The molecular formula is C10H18N2O7. The zero-order valence-corrected chi connectivity index (χ0v) is 10.1. The average molecular weight is 278 g/mol. The molecule has 1 rings (SSSR count). The molecule has 9 heteroatoms. The Morgan fingerprint density at radius 1 is 1.11 bits per heavy atom. The van der Waals surface area contributed by atoms with Gasteiger partial charge in [-0.15, -0.1) is 0 Å². The molecule has 0 spiro atoms. The number of hydrogen-bond acceptors (Lipinski definition) is 7. The Morgan fingerprint density at radius 3 is 2.26 bits per heavy atom. The lowest BCUT2D eigenvalue weighted by Crippen LogP contribution is -2.63. The number of rotatable bonds is 5. The number of amides is 2. The summed E-state index contributed by atoms with van der Waals surface area (Å²) in [6.07, 6.45) is -7.33. The fraction of sp³-hybridized carbons (Fsp3) is 0.800. The van der Waals surface area contributed by atoms with Gasteiger partial charge in [0.25, 0.3) is 0 Å². The van der Waals surface area contributed by atoms with Crippen molar-refractivity contribution >= 4 is 11.8 Å². The van der Waals surface area contributed by atoms with E-state index in [-0.39, 0.29) is 12.8 Å². The molecule has 0 bridgehead atoms. The van der Waals surface area contributed by atoms with Crippen LogP contribution >= 0.6 is 0 Å². The van der Waals surface area contributed by atoms with E-state index >= 15 is 0 Å². The number of carbonyl (C=O) groups excluding carboxylic acids is 2. The molecule has 0 aromatic rings. The van der Waals surface area contributed by atoms with Crippen molar-refractivity contribution in [2.24, 2.45) is 5.73 Å². The predicted molar refractivity (Wildman–Crippen MR) is 60.3 cm³/mol. The van der Waals surface area contributed by atoms with Gasteiger partial charge in [-0.2, -0.15) is 0 Å². The third-order valence-electron chi connectivity index (χ3n) is 2.79. The Morgan fingerprint density at radius 2 is 1.74 bits per heavy atom. The number of aliphatic hydroxyl groups is 4. The Labute approximate surface area is 109 Å². The third-order valence-corrected chi connectivity index (χ3v) is 2.79. The van der Waals surface area contributed by atoms with Crippen molar-refractivity contribution in [1.29, 1.82) is 0 Å². The second-order valence-electron chi connectivity index (χ2n) is 4.28. The molecule has 1 aliphatic heterocycles. The standard InChI is InChI=1S/C10H18N2O7/c11-5(14)1-2-6(15)12-10-9(18)8(17)7(16)4(3-13)19-10/h4,7-10,13,16-18H,1-3H2,(H2,11,14)(H,12,15)/t4-,7-,8+,9-,10?/m1/s1. The molecule has 0 aliphatic carbocycles. The van der Waals surface area contributed by atoms with Gasteiger partial charge < -0.3 is 36.2 Å². The van der Waals surface area contributed by atoms with Crippen molar-refractivity contribution < 1.29 is 34.8 Å². The maximum atomic E-state index is 11.4. The minimum absolute atomic E-state index is 0.163. The smallest absolute Gasteiger partial charge is 0.222 e. The fourth-order valence-electron chi connectivity index (χ4n) is 1.69. The second-order valence-corrected chi connectivity index (χ2v) is 4.28. The van der Waals surface area contributed by atoms with Crippen LogP contribution in [0.1, 0.15) is 12.8 Å². The van der Waals surface area contributed by atoms with Crippen molar-refractivity contribution in [3.63, 3.8) is 0 Å². The van der Waals surface area contributed by atoms with E-state index in [9.17, 15) is 24.9 Å². The quantitative estimate of drug-likeness (QED) is 0.300. The number of primary amides is 1. The van der Waals surface area contributed by atoms with E-state index in [0.29, 0.717) is 0 Å². The van der Waals surface area contributed by atoms with Gasteiger partial charge in [0.1, 0.15) is 24.4 Å². The van der Waals surface area contributed by atoms with Crippen LogP contribution in [0.3, 0.4) is 0 Å². The Hall–Kier alpha value is -1.26. The first-order valence-electron chi connectivity index (χ1n) is 5.75. The van der Waals surface area contributed by atoms with Crippen LogP contribution in [0.4, 0.5) is 0 Å². The van der Waals surface area contributed by atoms with E-state index in [1.54, 1.807) is 0 Å². The van der Waals surface area contributed by atoms with E-state index < -0.39 is 49.1 Å². The maximum absolute atomic E-state index is 11.4. The molecule has 0 saturated carbocycles. The van der Waals surface area contributed by atoms with Gasteiger partial charge in [0, 0.05) is 12.8 Å². The molecule has 0 aromatic heterocycles. The lowest BCUT2D eigenvalue weighted by molar-refractivity contribution is -0.236. The van der Waals surface area contributed by atoms with Gasteiger partial charge in [0.05, 0.1) is 6.61 Å². The number of hydrogen-bond donors (Lipinski definition) is 6. The first-order valence-corrected chi connectivity index (χ1v) is 5.75. The highest BCUT2D eigenvalue weighted by molar-refractivity contribution is 5.82. The zero-order valence-electron chi connectivity index (χ0n) is 10.1. The SMILES string of the molecule is NC(=O)CCC(=O)NC1O[C@H](CO)[C@@H](O)[C@H](O)[C@H]1O. The Balaban J connectivity index is 2.56. The molecule has 110 valence electrons. The maximum Gasteiger partial charge on any atom is 0.222 e. The third kappa shape index (κ3) is 4.11. The summed E-state index contributed by atoms with van der Waals surface area (Å²) in [7, 11) is 0. The topological polar surface area (TPSA) is 162 Å². The van der Waals surface area contributed by atoms with Crippen LogP contribution in [0.5, 0.6) is 0 Å². The van der Waals surface area contributed by atoms with Crippen molar-refractivity contribution in [1.82, 2.24) is 5.32 Å². The van der Waals surface area contributed by atoms with E-state index in [0.717, 1.165) is 0 Å². The minimum atomic E-state index is -1.56. The first kappa shape index (κ1) is 15.8. The van der Waals surface area contributed by atoms with Gasteiger partial charge in [0.15, 0.2) is 6.23 Å². The zero-order chi connectivity index (χ0) is 14.6. The lowest BCUT2D eigenvalue weighted by atomic mass is 9.98. The number of aliphatic hydroxyl groups excluding tert-OH is 4. The van der Waals surface area contributed by atoms with Crippen LogP contribution in [0.2, 0.25) is 0 Å². The molecule has 0 radical (unpaired) electrons. The van der Waals surface area contributed by atoms with Crippen molar-refractivity contribution in [2.75, 3.05) is 6.61 Å². The summed E-state index contributed by atoms with van der Waals surface area (Å²) in [6, 6.07) is 0. The van der Waals surface area contributed by atoms with Gasteiger partial charge in [-0.25, -0.2) is 0 Å². The molecule has 0 aromatic carbocycles. The minimum Gasteiger partial charge on any atom is -0.394 e. The van der Waals surface area contributed by atoms with Crippen molar-refractivity contribution in [3.8, 4) is 0 Å². The molecule has 1 heterocycles. The van der Waals surface area contributed by atoms with Crippen LogP contribution in [0.15, 0.2) is 0 Å². The molecule has 9 nitrogen and oxygen atoms in total. The highest BCUT2D eigenvalue weighted by Gasteiger charge is 2.43. The monoisotopic (exact) mass is 278 g/mol. The van der Waals surface area contributed by atoms with Gasteiger partial charge in [-0.3, -0.25) is 9.59 Å².